The van der Waals surface area contributed by atoms with E-state index in [-0.39, 0.29) is 6.42 Å². The second-order valence-corrected chi connectivity index (χ2v) is 3.50. The SMILES string of the molecule is CCC(F)C(F)C(F)C(F)C(C)C. The summed E-state index contributed by atoms with van der Waals surface area (Å²) < 4.78 is 51.2. The molecule has 0 aliphatic rings. The van der Waals surface area contributed by atoms with Crippen molar-refractivity contribution in [1.82, 2.24) is 0 Å². The van der Waals surface area contributed by atoms with E-state index in [1.807, 2.05) is 0 Å². The highest BCUT2D eigenvalue weighted by Crippen LogP contribution is 2.23. The van der Waals surface area contributed by atoms with Crippen LogP contribution in [0.4, 0.5) is 17.6 Å². The Bertz CT molecular complexity index is 138. The van der Waals surface area contributed by atoms with E-state index in [4.69, 9.17) is 0 Å². The predicted octanol–water partition coefficient (Wildman–Crippen LogP) is 3.40. The van der Waals surface area contributed by atoms with Crippen molar-refractivity contribution in [2.24, 2.45) is 5.92 Å². The van der Waals surface area contributed by atoms with Crippen molar-refractivity contribution in [3.8, 4) is 0 Å². The summed E-state index contributed by atoms with van der Waals surface area (Å²) in [5, 5.41) is 0. The molecular formula is C9H16F4. The first kappa shape index (κ1) is 12.7. The molecule has 0 amide bonds. The van der Waals surface area contributed by atoms with Crippen LogP contribution < -0.4 is 0 Å². The van der Waals surface area contributed by atoms with Gasteiger partial charge in [-0.25, -0.2) is 17.6 Å². The van der Waals surface area contributed by atoms with Crippen molar-refractivity contribution >= 4 is 0 Å². The van der Waals surface area contributed by atoms with Gasteiger partial charge in [-0.15, -0.1) is 0 Å². The molecule has 4 atom stereocenters. The average Bonchev–Trinajstić information content (AvgIpc) is 2.12. The van der Waals surface area contributed by atoms with Crippen LogP contribution in [0.15, 0.2) is 0 Å². The van der Waals surface area contributed by atoms with Crippen LogP contribution in [-0.4, -0.2) is 24.7 Å². The van der Waals surface area contributed by atoms with Gasteiger partial charge >= 0.3 is 0 Å². The molecule has 0 aliphatic heterocycles. The molecule has 0 fully saturated rings. The molecule has 0 rings (SSSR count). The zero-order valence-electron chi connectivity index (χ0n) is 8.11. The summed E-state index contributed by atoms with van der Waals surface area (Å²) in [6.45, 7) is 4.26. The number of hydrogen-bond acceptors (Lipinski definition) is 0. The van der Waals surface area contributed by atoms with Crippen molar-refractivity contribution in [2.75, 3.05) is 0 Å². The smallest absolute Gasteiger partial charge is 0.165 e. The Morgan fingerprint density at radius 2 is 1.31 bits per heavy atom. The van der Waals surface area contributed by atoms with Crippen molar-refractivity contribution < 1.29 is 17.6 Å². The molecule has 0 aliphatic carbocycles. The van der Waals surface area contributed by atoms with Crippen molar-refractivity contribution in [2.45, 2.75) is 51.9 Å². The van der Waals surface area contributed by atoms with Crippen molar-refractivity contribution in [3.05, 3.63) is 0 Å². The molecule has 0 nitrogen and oxygen atoms in total. The van der Waals surface area contributed by atoms with Gasteiger partial charge in [0.1, 0.15) is 12.3 Å². The third-order valence-corrected chi connectivity index (χ3v) is 1.98. The van der Waals surface area contributed by atoms with Crippen LogP contribution in [0.2, 0.25) is 0 Å². The first-order chi connectivity index (χ1) is 5.91. The lowest BCUT2D eigenvalue weighted by molar-refractivity contribution is 0.0156. The summed E-state index contributed by atoms with van der Waals surface area (Å²) in [5.41, 5.74) is 0. The second kappa shape index (κ2) is 5.45. The Hall–Kier alpha value is -0.280. The van der Waals surface area contributed by atoms with Crippen LogP contribution >= 0.6 is 0 Å². The molecule has 0 heterocycles. The molecule has 0 radical (unpaired) electrons. The van der Waals surface area contributed by atoms with Gasteiger partial charge < -0.3 is 0 Å². The van der Waals surface area contributed by atoms with Gasteiger partial charge in [-0.3, -0.25) is 0 Å². The van der Waals surface area contributed by atoms with E-state index < -0.39 is 30.6 Å². The summed E-state index contributed by atoms with van der Waals surface area (Å²) in [4.78, 5) is 0. The first-order valence-corrected chi connectivity index (χ1v) is 4.48. The predicted molar refractivity (Wildman–Crippen MR) is 44.7 cm³/mol. The van der Waals surface area contributed by atoms with E-state index in [2.05, 4.69) is 0 Å². The van der Waals surface area contributed by atoms with Gasteiger partial charge in [0, 0.05) is 0 Å². The van der Waals surface area contributed by atoms with Crippen molar-refractivity contribution in [1.29, 1.82) is 0 Å². The zero-order chi connectivity index (χ0) is 10.6. The highest BCUT2D eigenvalue weighted by molar-refractivity contribution is 4.83. The highest BCUT2D eigenvalue weighted by Gasteiger charge is 2.36. The van der Waals surface area contributed by atoms with E-state index >= 15 is 0 Å². The lowest BCUT2D eigenvalue weighted by Gasteiger charge is -2.21. The second-order valence-electron chi connectivity index (χ2n) is 3.50. The third kappa shape index (κ3) is 3.53. The number of hydrogen-bond donors (Lipinski definition) is 0. The van der Waals surface area contributed by atoms with Gasteiger partial charge in [-0.2, -0.15) is 0 Å². The van der Waals surface area contributed by atoms with Gasteiger partial charge in [-0.05, 0) is 12.3 Å². The van der Waals surface area contributed by atoms with Gasteiger partial charge in [0.15, 0.2) is 12.3 Å². The Kier molecular flexibility index (Phi) is 5.33. The molecule has 13 heavy (non-hydrogen) atoms. The Morgan fingerprint density at radius 3 is 1.62 bits per heavy atom. The fourth-order valence-electron chi connectivity index (χ4n) is 0.968. The lowest BCUT2D eigenvalue weighted by atomic mass is 9.98. The highest BCUT2D eigenvalue weighted by atomic mass is 19.2. The van der Waals surface area contributed by atoms with E-state index in [1.165, 1.54) is 20.8 Å². The number of alkyl halides is 4. The zero-order valence-corrected chi connectivity index (χ0v) is 8.11. The fraction of sp³-hybridized carbons (Fsp3) is 1.00. The molecule has 0 aromatic rings. The van der Waals surface area contributed by atoms with Crippen LogP contribution in [0.5, 0.6) is 0 Å². The summed E-state index contributed by atoms with van der Waals surface area (Å²) in [7, 11) is 0. The topological polar surface area (TPSA) is 0 Å². The lowest BCUT2D eigenvalue weighted by Crippen LogP contribution is -2.37. The molecule has 0 spiro atoms. The first-order valence-electron chi connectivity index (χ1n) is 4.48. The molecule has 0 saturated heterocycles. The van der Waals surface area contributed by atoms with Gasteiger partial charge in [-0.1, -0.05) is 20.8 Å². The minimum atomic E-state index is -2.35. The average molecular weight is 200 g/mol. The molecule has 4 unspecified atom stereocenters. The maximum Gasteiger partial charge on any atom is 0.165 e. The summed E-state index contributed by atoms with van der Waals surface area (Å²) in [6.07, 6.45) is -8.67. The maximum atomic E-state index is 12.9. The van der Waals surface area contributed by atoms with Crippen molar-refractivity contribution in [3.63, 3.8) is 0 Å². The third-order valence-electron chi connectivity index (χ3n) is 1.98. The molecule has 0 saturated carbocycles. The molecule has 0 aromatic heterocycles. The number of halogens is 4. The largest absolute Gasteiger partial charge is 0.244 e. The maximum absolute atomic E-state index is 12.9. The monoisotopic (exact) mass is 200 g/mol. The molecule has 4 heteroatoms. The summed E-state index contributed by atoms with van der Waals surface area (Å²) >= 11 is 0. The van der Waals surface area contributed by atoms with Gasteiger partial charge in [0.25, 0.3) is 0 Å². The van der Waals surface area contributed by atoms with Crippen LogP contribution in [0, 0.1) is 5.92 Å². The fourth-order valence-corrected chi connectivity index (χ4v) is 0.968. The Morgan fingerprint density at radius 1 is 0.846 bits per heavy atom. The van der Waals surface area contributed by atoms with Gasteiger partial charge in [0.2, 0.25) is 0 Å². The van der Waals surface area contributed by atoms with Gasteiger partial charge in [0.05, 0.1) is 0 Å². The van der Waals surface area contributed by atoms with Crippen LogP contribution in [-0.2, 0) is 0 Å². The minimum absolute atomic E-state index is 0.133. The Labute approximate surface area is 76.3 Å². The summed E-state index contributed by atoms with van der Waals surface area (Å²) in [5.74, 6) is -0.627. The number of rotatable bonds is 5. The van der Waals surface area contributed by atoms with E-state index in [0.717, 1.165) is 0 Å². The molecule has 0 bridgehead atoms. The normalized spacial score (nSPS) is 21.2. The van der Waals surface area contributed by atoms with E-state index in [9.17, 15) is 17.6 Å². The molecular weight excluding hydrogens is 184 g/mol. The Balaban J connectivity index is 4.15. The van der Waals surface area contributed by atoms with E-state index in [1.54, 1.807) is 0 Å². The molecule has 80 valence electrons. The van der Waals surface area contributed by atoms with Crippen LogP contribution in [0.3, 0.4) is 0 Å². The van der Waals surface area contributed by atoms with E-state index in [0.29, 0.717) is 0 Å². The van der Waals surface area contributed by atoms with Crippen LogP contribution in [0.25, 0.3) is 0 Å². The minimum Gasteiger partial charge on any atom is -0.244 e. The summed E-state index contributed by atoms with van der Waals surface area (Å²) in [6, 6.07) is 0. The van der Waals surface area contributed by atoms with Crippen LogP contribution in [0.1, 0.15) is 27.2 Å². The molecule has 0 aromatic carbocycles. The molecule has 0 N–H and O–H groups in total. The quantitative estimate of drug-likeness (QED) is 0.596. The standard InChI is InChI=1S/C9H16F4/c1-4-6(10)8(12)9(13)7(11)5(2)3/h5-9H,4H2,1-3H3.